The third-order valence-corrected chi connectivity index (χ3v) is 5.18. The smallest absolute Gasteiger partial charge is 0.131 e. The maximum absolute atomic E-state index is 5.38. The Kier molecular flexibility index (Phi) is 5.28. The molecule has 0 saturated heterocycles. The molecule has 1 aromatic heterocycles. The van der Waals surface area contributed by atoms with Crippen LogP contribution in [0.2, 0.25) is 0 Å². The summed E-state index contributed by atoms with van der Waals surface area (Å²) in [7, 11) is 0. The molecule has 3 rings (SSSR count). The molecular formula is C17H27N3S. The van der Waals surface area contributed by atoms with Crippen molar-refractivity contribution in [3.8, 4) is 0 Å². The van der Waals surface area contributed by atoms with E-state index in [0.29, 0.717) is 12.0 Å². The van der Waals surface area contributed by atoms with Crippen LogP contribution >= 0.6 is 12.2 Å². The Labute approximate surface area is 133 Å². The number of aromatic nitrogens is 2. The number of nitrogens with one attached hydrogen (secondary N) is 2. The van der Waals surface area contributed by atoms with Crippen molar-refractivity contribution in [3.05, 3.63) is 16.5 Å². The molecule has 0 bridgehead atoms. The van der Waals surface area contributed by atoms with Crippen LogP contribution in [0.4, 0.5) is 5.82 Å². The SMILES string of the molecule is S=c1cc(NC2CCCCCC2)[nH]c(C2CCCCC2)n1. The number of rotatable bonds is 3. The van der Waals surface area contributed by atoms with Crippen LogP contribution in [0, 0.1) is 4.64 Å². The second-order valence-electron chi connectivity index (χ2n) is 6.69. The molecule has 0 radical (unpaired) electrons. The molecule has 1 aromatic rings. The van der Waals surface area contributed by atoms with E-state index < -0.39 is 0 Å². The average Bonchev–Trinajstić information content (AvgIpc) is 2.76. The molecule has 0 unspecified atom stereocenters. The summed E-state index contributed by atoms with van der Waals surface area (Å²) >= 11 is 5.38. The van der Waals surface area contributed by atoms with Gasteiger partial charge in [-0.05, 0) is 25.7 Å². The van der Waals surface area contributed by atoms with Crippen LogP contribution in [0.3, 0.4) is 0 Å². The van der Waals surface area contributed by atoms with Gasteiger partial charge < -0.3 is 10.3 Å². The van der Waals surface area contributed by atoms with E-state index in [2.05, 4.69) is 15.3 Å². The Morgan fingerprint density at radius 1 is 0.952 bits per heavy atom. The summed E-state index contributed by atoms with van der Waals surface area (Å²) in [6.07, 6.45) is 14.6. The van der Waals surface area contributed by atoms with Crippen molar-refractivity contribution in [2.45, 2.75) is 82.6 Å². The summed E-state index contributed by atoms with van der Waals surface area (Å²) < 4.78 is 0.727. The van der Waals surface area contributed by atoms with E-state index in [4.69, 9.17) is 12.2 Å². The van der Waals surface area contributed by atoms with E-state index >= 15 is 0 Å². The normalized spacial score (nSPS) is 21.9. The summed E-state index contributed by atoms with van der Waals surface area (Å²) in [6, 6.07) is 2.59. The van der Waals surface area contributed by atoms with Crippen LogP contribution in [0.15, 0.2) is 6.07 Å². The molecular weight excluding hydrogens is 278 g/mol. The first-order valence-electron chi connectivity index (χ1n) is 8.69. The molecule has 4 heteroatoms. The Hall–Kier alpha value is -0.900. The van der Waals surface area contributed by atoms with Crippen LogP contribution in [-0.2, 0) is 0 Å². The number of hydrogen-bond acceptors (Lipinski definition) is 3. The zero-order valence-corrected chi connectivity index (χ0v) is 13.7. The van der Waals surface area contributed by atoms with Crippen LogP contribution < -0.4 is 5.32 Å². The van der Waals surface area contributed by atoms with Gasteiger partial charge in [0.05, 0.1) is 0 Å². The van der Waals surface area contributed by atoms with Crippen molar-refractivity contribution < 1.29 is 0 Å². The van der Waals surface area contributed by atoms with E-state index in [1.54, 1.807) is 0 Å². The molecule has 2 N–H and O–H groups in total. The van der Waals surface area contributed by atoms with E-state index in [1.807, 2.05) is 6.07 Å². The second kappa shape index (κ2) is 7.39. The molecule has 1 heterocycles. The quantitative estimate of drug-likeness (QED) is 0.586. The summed E-state index contributed by atoms with van der Waals surface area (Å²) in [5.74, 6) is 2.78. The summed E-state index contributed by atoms with van der Waals surface area (Å²) in [4.78, 5) is 8.12. The average molecular weight is 305 g/mol. The van der Waals surface area contributed by atoms with Crippen molar-refractivity contribution in [1.29, 1.82) is 0 Å². The Morgan fingerprint density at radius 3 is 2.29 bits per heavy atom. The van der Waals surface area contributed by atoms with Gasteiger partial charge in [0.1, 0.15) is 16.3 Å². The topological polar surface area (TPSA) is 40.7 Å². The monoisotopic (exact) mass is 305 g/mol. The number of nitrogens with zero attached hydrogens (tertiary/aromatic N) is 1. The lowest BCUT2D eigenvalue weighted by atomic mass is 9.89. The van der Waals surface area contributed by atoms with Gasteiger partial charge in [0.25, 0.3) is 0 Å². The van der Waals surface area contributed by atoms with Gasteiger partial charge in [-0.2, -0.15) is 0 Å². The lowest BCUT2D eigenvalue weighted by Crippen LogP contribution is -2.20. The Balaban J connectivity index is 1.72. The number of H-pyrrole nitrogens is 1. The number of aromatic amines is 1. The molecule has 2 aliphatic rings. The fourth-order valence-corrected chi connectivity index (χ4v) is 3.98. The predicted octanol–water partition coefficient (Wildman–Crippen LogP) is 5.32. The molecule has 2 fully saturated rings. The fraction of sp³-hybridized carbons (Fsp3) is 0.765. The second-order valence-corrected chi connectivity index (χ2v) is 7.10. The van der Waals surface area contributed by atoms with Crippen LogP contribution in [0.25, 0.3) is 0 Å². The van der Waals surface area contributed by atoms with Gasteiger partial charge in [-0.25, -0.2) is 4.98 Å². The summed E-state index contributed by atoms with van der Waals surface area (Å²) in [5, 5.41) is 3.68. The highest BCUT2D eigenvalue weighted by atomic mass is 32.1. The first-order valence-corrected chi connectivity index (χ1v) is 9.10. The van der Waals surface area contributed by atoms with Crippen molar-refractivity contribution in [2.75, 3.05) is 5.32 Å². The van der Waals surface area contributed by atoms with E-state index in [1.165, 1.54) is 70.6 Å². The molecule has 0 aromatic carbocycles. The van der Waals surface area contributed by atoms with Crippen LogP contribution in [0.5, 0.6) is 0 Å². The van der Waals surface area contributed by atoms with Crippen LogP contribution in [-0.4, -0.2) is 16.0 Å². The van der Waals surface area contributed by atoms with Gasteiger partial charge in [-0.3, -0.25) is 0 Å². The molecule has 0 amide bonds. The fourth-order valence-electron chi connectivity index (χ4n) is 3.77. The van der Waals surface area contributed by atoms with E-state index in [-0.39, 0.29) is 0 Å². The lowest BCUT2D eigenvalue weighted by molar-refractivity contribution is 0.428. The summed E-state index contributed by atoms with van der Waals surface area (Å²) in [5.41, 5.74) is 0. The largest absolute Gasteiger partial charge is 0.369 e. The standard InChI is InChI=1S/C17H27N3S/c21-16-12-15(18-14-10-6-1-2-7-11-14)19-17(20-16)13-8-4-3-5-9-13/h12-14H,1-11H2,(H2,18,19,20,21). The van der Waals surface area contributed by atoms with Crippen molar-refractivity contribution in [3.63, 3.8) is 0 Å². The highest BCUT2D eigenvalue weighted by Gasteiger charge is 2.18. The minimum absolute atomic E-state index is 0.580. The minimum Gasteiger partial charge on any atom is -0.369 e. The van der Waals surface area contributed by atoms with Crippen LogP contribution in [0.1, 0.15) is 82.4 Å². The Bertz CT molecular complexity index is 497. The summed E-state index contributed by atoms with van der Waals surface area (Å²) in [6.45, 7) is 0. The van der Waals surface area contributed by atoms with E-state index in [9.17, 15) is 0 Å². The first-order chi connectivity index (χ1) is 10.3. The molecule has 0 atom stereocenters. The first kappa shape index (κ1) is 15.0. The van der Waals surface area contributed by atoms with Crippen molar-refractivity contribution in [2.24, 2.45) is 0 Å². The highest BCUT2D eigenvalue weighted by Crippen LogP contribution is 2.31. The van der Waals surface area contributed by atoms with Gasteiger partial charge in [-0.1, -0.05) is 57.2 Å². The van der Waals surface area contributed by atoms with Crippen molar-refractivity contribution >= 4 is 18.0 Å². The maximum atomic E-state index is 5.38. The third-order valence-electron chi connectivity index (χ3n) is 4.97. The molecule has 21 heavy (non-hydrogen) atoms. The number of anilines is 1. The molecule has 116 valence electrons. The van der Waals surface area contributed by atoms with Gasteiger partial charge in [0.2, 0.25) is 0 Å². The molecule has 0 aliphatic heterocycles. The zero-order chi connectivity index (χ0) is 14.5. The lowest BCUT2D eigenvalue weighted by Gasteiger charge is -2.23. The molecule has 3 nitrogen and oxygen atoms in total. The molecule has 0 spiro atoms. The highest BCUT2D eigenvalue weighted by molar-refractivity contribution is 7.71. The van der Waals surface area contributed by atoms with Gasteiger partial charge >= 0.3 is 0 Å². The predicted molar refractivity (Wildman–Crippen MR) is 90.4 cm³/mol. The molecule has 2 saturated carbocycles. The zero-order valence-electron chi connectivity index (χ0n) is 12.9. The van der Waals surface area contributed by atoms with E-state index in [0.717, 1.165) is 16.3 Å². The molecule has 2 aliphatic carbocycles. The minimum atomic E-state index is 0.580. The maximum Gasteiger partial charge on any atom is 0.131 e. The Morgan fingerprint density at radius 2 is 1.57 bits per heavy atom. The van der Waals surface area contributed by atoms with Crippen molar-refractivity contribution in [1.82, 2.24) is 9.97 Å². The van der Waals surface area contributed by atoms with Gasteiger partial charge in [-0.15, -0.1) is 0 Å². The third kappa shape index (κ3) is 4.29. The number of hydrogen-bond donors (Lipinski definition) is 2. The van der Waals surface area contributed by atoms with Gasteiger partial charge in [0.15, 0.2) is 0 Å². The van der Waals surface area contributed by atoms with Gasteiger partial charge in [0, 0.05) is 18.0 Å².